The maximum Gasteiger partial charge on any atom is 0.126 e. The van der Waals surface area contributed by atoms with E-state index in [2.05, 4.69) is 0 Å². The van der Waals surface area contributed by atoms with E-state index in [4.69, 9.17) is 10.5 Å². The third kappa shape index (κ3) is 1.51. The van der Waals surface area contributed by atoms with Crippen molar-refractivity contribution < 1.29 is 9.84 Å². The third-order valence-electron chi connectivity index (χ3n) is 3.74. The fourth-order valence-corrected chi connectivity index (χ4v) is 2.58. The van der Waals surface area contributed by atoms with Gasteiger partial charge in [-0.05, 0) is 30.7 Å². The van der Waals surface area contributed by atoms with Gasteiger partial charge in [-0.25, -0.2) is 0 Å². The van der Waals surface area contributed by atoms with Crippen LogP contribution in [0.5, 0.6) is 5.75 Å². The molecule has 1 aliphatic heterocycles. The smallest absolute Gasteiger partial charge is 0.126 e. The lowest BCUT2D eigenvalue weighted by atomic mass is 9.85. The molecule has 18 heavy (non-hydrogen) atoms. The van der Waals surface area contributed by atoms with Gasteiger partial charge in [0.15, 0.2) is 0 Å². The number of nitrogens with two attached hydrogens (primary N) is 1. The predicted octanol–water partition coefficient (Wildman–Crippen LogP) is 2.37. The number of ether oxygens (including phenoxy) is 1. The molecule has 0 aromatic heterocycles. The van der Waals surface area contributed by atoms with Crippen LogP contribution >= 0.6 is 0 Å². The highest BCUT2D eigenvalue weighted by Crippen LogP contribution is 2.42. The second-order valence-corrected chi connectivity index (χ2v) is 5.37. The van der Waals surface area contributed by atoms with Crippen molar-refractivity contribution >= 4 is 10.8 Å². The van der Waals surface area contributed by atoms with Gasteiger partial charge in [0.25, 0.3) is 0 Å². The van der Waals surface area contributed by atoms with Gasteiger partial charge < -0.3 is 15.6 Å². The fourth-order valence-electron chi connectivity index (χ4n) is 2.58. The first-order valence-electron chi connectivity index (χ1n) is 6.15. The topological polar surface area (TPSA) is 55.5 Å². The van der Waals surface area contributed by atoms with Crippen LogP contribution in [0.15, 0.2) is 36.4 Å². The van der Waals surface area contributed by atoms with Crippen LogP contribution in [0, 0.1) is 0 Å². The Bertz CT molecular complexity index is 606. The number of aliphatic hydroxyl groups excluding tert-OH is 1. The summed E-state index contributed by atoms with van der Waals surface area (Å²) in [5.41, 5.74) is 6.33. The van der Waals surface area contributed by atoms with Crippen molar-refractivity contribution in [2.24, 2.45) is 5.73 Å². The molecule has 0 spiro atoms. The summed E-state index contributed by atoms with van der Waals surface area (Å²) in [6, 6.07) is 11.4. The van der Waals surface area contributed by atoms with Gasteiger partial charge >= 0.3 is 0 Å². The summed E-state index contributed by atoms with van der Waals surface area (Å²) >= 11 is 0. The van der Waals surface area contributed by atoms with Gasteiger partial charge in [-0.1, -0.05) is 30.3 Å². The highest BCUT2D eigenvalue weighted by molar-refractivity contribution is 5.88. The molecular formula is C15H17NO2. The van der Waals surface area contributed by atoms with Crippen molar-refractivity contribution in [2.45, 2.75) is 31.6 Å². The Labute approximate surface area is 106 Å². The van der Waals surface area contributed by atoms with E-state index >= 15 is 0 Å². The maximum atomic E-state index is 10.5. The average molecular weight is 243 g/mol. The van der Waals surface area contributed by atoms with Gasteiger partial charge in [-0.2, -0.15) is 0 Å². The first-order valence-corrected chi connectivity index (χ1v) is 6.15. The molecule has 0 radical (unpaired) electrons. The molecule has 0 saturated carbocycles. The number of fused-ring (bicyclic) bond motifs is 3. The molecule has 0 aliphatic carbocycles. The van der Waals surface area contributed by atoms with Crippen LogP contribution in [-0.4, -0.2) is 16.7 Å². The molecule has 3 N–H and O–H groups in total. The van der Waals surface area contributed by atoms with Gasteiger partial charge in [0.1, 0.15) is 17.5 Å². The third-order valence-corrected chi connectivity index (χ3v) is 3.74. The van der Waals surface area contributed by atoms with Gasteiger partial charge in [0, 0.05) is 5.56 Å². The van der Waals surface area contributed by atoms with Crippen LogP contribution in [0.1, 0.15) is 25.5 Å². The molecule has 0 fully saturated rings. The summed E-state index contributed by atoms with van der Waals surface area (Å²) < 4.78 is 5.93. The van der Waals surface area contributed by atoms with Crippen LogP contribution in [0.4, 0.5) is 0 Å². The van der Waals surface area contributed by atoms with Crippen molar-refractivity contribution in [3.63, 3.8) is 0 Å². The highest BCUT2D eigenvalue weighted by atomic mass is 16.5. The minimum atomic E-state index is -0.699. The van der Waals surface area contributed by atoms with Crippen LogP contribution in [-0.2, 0) is 0 Å². The molecular weight excluding hydrogens is 226 g/mol. The SMILES string of the molecule is CC1(C)Oc2ccc3ccccc3c2C(O)C1N. The Morgan fingerprint density at radius 3 is 2.67 bits per heavy atom. The van der Waals surface area contributed by atoms with Crippen molar-refractivity contribution in [3.05, 3.63) is 42.0 Å². The van der Waals surface area contributed by atoms with Crippen LogP contribution in [0.2, 0.25) is 0 Å². The quantitative estimate of drug-likeness (QED) is 0.747. The van der Waals surface area contributed by atoms with Crippen molar-refractivity contribution in [3.8, 4) is 5.75 Å². The number of rotatable bonds is 0. The molecule has 3 rings (SSSR count). The summed E-state index contributed by atoms with van der Waals surface area (Å²) in [6.45, 7) is 3.80. The van der Waals surface area contributed by atoms with Gasteiger partial charge in [-0.3, -0.25) is 0 Å². The van der Waals surface area contributed by atoms with E-state index in [9.17, 15) is 5.11 Å². The Kier molecular flexibility index (Phi) is 2.37. The van der Waals surface area contributed by atoms with E-state index in [1.54, 1.807) is 0 Å². The number of benzene rings is 2. The van der Waals surface area contributed by atoms with Crippen molar-refractivity contribution in [2.75, 3.05) is 0 Å². The van der Waals surface area contributed by atoms with Crippen LogP contribution < -0.4 is 10.5 Å². The van der Waals surface area contributed by atoms with E-state index in [-0.39, 0.29) is 0 Å². The molecule has 94 valence electrons. The maximum absolute atomic E-state index is 10.5. The minimum absolute atomic E-state index is 0.434. The molecule has 2 aromatic rings. The summed E-state index contributed by atoms with van der Waals surface area (Å²) in [4.78, 5) is 0. The first kappa shape index (κ1) is 11.5. The Morgan fingerprint density at radius 2 is 1.89 bits per heavy atom. The largest absolute Gasteiger partial charge is 0.486 e. The monoisotopic (exact) mass is 243 g/mol. The van der Waals surface area contributed by atoms with E-state index in [1.807, 2.05) is 50.2 Å². The Balaban J connectivity index is 2.29. The molecule has 0 amide bonds. The van der Waals surface area contributed by atoms with Crippen molar-refractivity contribution in [1.82, 2.24) is 0 Å². The molecule has 2 unspecified atom stereocenters. The van der Waals surface area contributed by atoms with Gasteiger partial charge in [0.2, 0.25) is 0 Å². The molecule has 3 nitrogen and oxygen atoms in total. The Morgan fingerprint density at radius 1 is 1.17 bits per heavy atom. The summed E-state index contributed by atoms with van der Waals surface area (Å²) in [5, 5.41) is 12.6. The van der Waals surface area contributed by atoms with Crippen LogP contribution in [0.3, 0.4) is 0 Å². The standard InChI is InChI=1S/C15H17NO2/c1-15(2)14(16)13(17)12-10-6-4-3-5-9(10)7-8-11(12)18-15/h3-8,13-14,17H,16H2,1-2H3. The lowest BCUT2D eigenvalue weighted by molar-refractivity contribution is -0.0106. The van der Waals surface area contributed by atoms with Crippen LogP contribution in [0.25, 0.3) is 10.8 Å². The zero-order valence-electron chi connectivity index (χ0n) is 10.6. The summed E-state index contributed by atoms with van der Waals surface area (Å²) in [6.07, 6.45) is -0.699. The van der Waals surface area contributed by atoms with E-state index in [1.165, 1.54) is 0 Å². The lowest BCUT2D eigenvalue weighted by Gasteiger charge is -2.41. The molecule has 1 aliphatic rings. The molecule has 2 aromatic carbocycles. The van der Waals surface area contributed by atoms with Gasteiger partial charge in [0.05, 0.1) is 6.04 Å². The lowest BCUT2D eigenvalue weighted by Crippen LogP contribution is -2.54. The summed E-state index contributed by atoms with van der Waals surface area (Å²) in [5.74, 6) is 0.730. The zero-order valence-corrected chi connectivity index (χ0v) is 10.6. The predicted molar refractivity (Wildman–Crippen MR) is 71.6 cm³/mol. The molecule has 3 heteroatoms. The second-order valence-electron chi connectivity index (χ2n) is 5.37. The number of aliphatic hydroxyl groups is 1. The average Bonchev–Trinajstić information content (AvgIpc) is 2.35. The number of hydrogen-bond donors (Lipinski definition) is 2. The van der Waals surface area contributed by atoms with E-state index in [0.717, 1.165) is 22.1 Å². The summed E-state index contributed by atoms with van der Waals surface area (Å²) in [7, 11) is 0. The van der Waals surface area contributed by atoms with E-state index in [0.29, 0.717) is 0 Å². The molecule has 0 bridgehead atoms. The molecule has 2 atom stereocenters. The number of hydrogen-bond acceptors (Lipinski definition) is 3. The highest BCUT2D eigenvalue weighted by Gasteiger charge is 2.41. The zero-order chi connectivity index (χ0) is 12.9. The second kappa shape index (κ2) is 3.70. The normalized spacial score (nSPS) is 25.6. The Hall–Kier alpha value is -1.58. The van der Waals surface area contributed by atoms with Crippen molar-refractivity contribution in [1.29, 1.82) is 0 Å². The first-order chi connectivity index (χ1) is 8.50. The molecule has 0 saturated heterocycles. The van der Waals surface area contributed by atoms with Gasteiger partial charge in [-0.15, -0.1) is 0 Å². The molecule has 1 heterocycles. The minimum Gasteiger partial charge on any atom is -0.486 e. The fraction of sp³-hybridized carbons (Fsp3) is 0.333. The van der Waals surface area contributed by atoms with E-state index < -0.39 is 17.7 Å².